The van der Waals surface area contributed by atoms with Gasteiger partial charge in [-0.25, -0.2) is 0 Å². The lowest BCUT2D eigenvalue weighted by Gasteiger charge is -2.26. The summed E-state index contributed by atoms with van der Waals surface area (Å²) in [6, 6.07) is 0.189. The van der Waals surface area contributed by atoms with Crippen LogP contribution in [0, 0.1) is 0 Å². The van der Waals surface area contributed by atoms with Crippen LogP contribution < -0.4 is 0 Å². The van der Waals surface area contributed by atoms with Crippen molar-refractivity contribution in [3.63, 3.8) is 0 Å². The van der Waals surface area contributed by atoms with E-state index >= 15 is 0 Å². The third kappa shape index (κ3) is 3.76. The fraction of sp³-hybridized carbons (Fsp3) is 0.917. The van der Waals surface area contributed by atoms with Crippen molar-refractivity contribution in [1.82, 2.24) is 9.80 Å². The first-order valence-corrected chi connectivity index (χ1v) is 6.16. The lowest BCUT2D eigenvalue weighted by atomic mass is 10.2. The minimum atomic E-state index is -0.337. The Morgan fingerprint density at radius 1 is 1.50 bits per heavy atom. The van der Waals surface area contributed by atoms with Crippen LogP contribution in [0.15, 0.2) is 0 Å². The molecule has 0 bridgehead atoms. The smallest absolute Gasteiger partial charge is 0.222 e. The molecule has 4 nitrogen and oxygen atoms in total. The second-order valence-corrected chi connectivity index (χ2v) is 4.96. The molecule has 0 aromatic heterocycles. The van der Waals surface area contributed by atoms with Gasteiger partial charge in [0.1, 0.15) is 0 Å². The van der Waals surface area contributed by atoms with Gasteiger partial charge >= 0.3 is 0 Å². The summed E-state index contributed by atoms with van der Waals surface area (Å²) < 4.78 is 0. The average Bonchev–Trinajstić information content (AvgIpc) is 2.55. The predicted octanol–water partition coefficient (Wildman–Crippen LogP) is 0.700. The van der Waals surface area contributed by atoms with E-state index in [1.54, 1.807) is 0 Å². The van der Waals surface area contributed by atoms with Gasteiger partial charge in [-0.05, 0) is 26.9 Å². The molecule has 1 saturated heterocycles. The number of β-amino-alcohol motifs (C(OH)–C–C–N with tert-alkyl or cyclic N) is 1. The van der Waals surface area contributed by atoms with Crippen molar-refractivity contribution in [2.24, 2.45) is 0 Å². The second kappa shape index (κ2) is 6.21. The molecule has 4 heteroatoms. The highest BCUT2D eigenvalue weighted by Crippen LogP contribution is 2.20. The van der Waals surface area contributed by atoms with Crippen molar-refractivity contribution < 1.29 is 9.90 Å². The maximum absolute atomic E-state index is 11.9. The Kier molecular flexibility index (Phi) is 5.22. The summed E-state index contributed by atoms with van der Waals surface area (Å²) in [4.78, 5) is 15.9. The molecule has 2 atom stereocenters. The number of carbonyl (C=O) groups excluding carboxylic acids is 1. The van der Waals surface area contributed by atoms with Crippen LogP contribution in [0.4, 0.5) is 0 Å². The zero-order valence-corrected chi connectivity index (χ0v) is 10.6. The van der Waals surface area contributed by atoms with Crippen molar-refractivity contribution in [2.45, 2.75) is 44.8 Å². The number of hydrogen-bond acceptors (Lipinski definition) is 3. The normalized spacial score (nSPS) is 25.4. The molecule has 0 saturated carbocycles. The standard InChI is InChI=1S/C12H24N2O2/c1-4-5-6-12(16)14-9-11(15)7-10(14)8-13(2)3/h10-11,15H,4-9H2,1-3H3. The molecule has 1 rings (SSSR count). The van der Waals surface area contributed by atoms with E-state index in [-0.39, 0.29) is 18.1 Å². The van der Waals surface area contributed by atoms with Crippen molar-refractivity contribution in [3.05, 3.63) is 0 Å². The summed E-state index contributed by atoms with van der Waals surface area (Å²) in [5.74, 6) is 0.199. The number of rotatable bonds is 5. The molecule has 0 spiro atoms. The fourth-order valence-corrected chi connectivity index (χ4v) is 2.26. The van der Waals surface area contributed by atoms with Gasteiger partial charge in [0.15, 0.2) is 0 Å². The Labute approximate surface area is 98.2 Å². The van der Waals surface area contributed by atoms with Crippen LogP contribution in [0.5, 0.6) is 0 Å². The third-order valence-corrected chi connectivity index (χ3v) is 3.03. The number of unbranched alkanes of at least 4 members (excludes halogenated alkanes) is 1. The Morgan fingerprint density at radius 3 is 2.75 bits per heavy atom. The number of hydrogen-bond donors (Lipinski definition) is 1. The summed E-state index contributed by atoms with van der Waals surface area (Å²) in [5, 5.41) is 9.64. The first kappa shape index (κ1) is 13.5. The highest BCUT2D eigenvalue weighted by atomic mass is 16.3. The van der Waals surface area contributed by atoms with Gasteiger partial charge in [0.05, 0.1) is 6.10 Å². The molecule has 16 heavy (non-hydrogen) atoms. The van der Waals surface area contributed by atoms with Crippen molar-refractivity contribution in [1.29, 1.82) is 0 Å². The monoisotopic (exact) mass is 228 g/mol. The summed E-state index contributed by atoms with van der Waals surface area (Å²) in [6.07, 6.45) is 2.99. The van der Waals surface area contributed by atoms with Crippen LogP contribution in [-0.2, 0) is 4.79 Å². The first-order valence-electron chi connectivity index (χ1n) is 6.16. The predicted molar refractivity (Wildman–Crippen MR) is 64.2 cm³/mol. The highest BCUT2D eigenvalue weighted by Gasteiger charge is 2.33. The number of aliphatic hydroxyl groups is 1. The van der Waals surface area contributed by atoms with E-state index in [0.717, 1.165) is 25.8 Å². The molecule has 1 heterocycles. The second-order valence-electron chi connectivity index (χ2n) is 4.96. The molecule has 2 unspecified atom stereocenters. The maximum atomic E-state index is 11.9. The van der Waals surface area contributed by atoms with Crippen molar-refractivity contribution in [2.75, 3.05) is 27.2 Å². The van der Waals surface area contributed by atoms with E-state index in [1.807, 2.05) is 19.0 Å². The van der Waals surface area contributed by atoms with Crippen molar-refractivity contribution in [3.8, 4) is 0 Å². The Balaban J connectivity index is 2.51. The Bertz CT molecular complexity index is 231. The number of nitrogens with zero attached hydrogens (tertiary/aromatic N) is 2. The average molecular weight is 228 g/mol. The number of carbonyl (C=O) groups is 1. The summed E-state index contributed by atoms with van der Waals surface area (Å²) in [6.45, 7) is 3.44. The summed E-state index contributed by atoms with van der Waals surface area (Å²) in [7, 11) is 4.00. The maximum Gasteiger partial charge on any atom is 0.222 e. The van der Waals surface area contributed by atoms with Gasteiger partial charge in [-0.1, -0.05) is 13.3 Å². The Morgan fingerprint density at radius 2 is 2.19 bits per heavy atom. The zero-order chi connectivity index (χ0) is 12.1. The van der Waals surface area contributed by atoms with E-state index in [4.69, 9.17) is 0 Å². The lowest BCUT2D eigenvalue weighted by Crippen LogP contribution is -2.41. The number of likely N-dealkylation sites (tertiary alicyclic amines) is 1. The molecule has 1 aliphatic heterocycles. The number of amides is 1. The molecule has 1 fully saturated rings. The van der Waals surface area contributed by atoms with Crippen LogP contribution >= 0.6 is 0 Å². The minimum absolute atomic E-state index is 0.189. The minimum Gasteiger partial charge on any atom is -0.391 e. The SMILES string of the molecule is CCCCC(=O)N1CC(O)CC1CN(C)C. The van der Waals surface area contributed by atoms with Gasteiger partial charge in [0.25, 0.3) is 0 Å². The molecule has 1 aliphatic rings. The molecule has 1 N–H and O–H groups in total. The van der Waals surface area contributed by atoms with Gasteiger partial charge in [-0.2, -0.15) is 0 Å². The third-order valence-electron chi connectivity index (χ3n) is 3.03. The summed E-state index contributed by atoms with van der Waals surface area (Å²) >= 11 is 0. The van der Waals surface area contributed by atoms with Gasteiger partial charge in [-0.15, -0.1) is 0 Å². The molecular formula is C12H24N2O2. The molecule has 0 aliphatic carbocycles. The van der Waals surface area contributed by atoms with Gasteiger partial charge in [0.2, 0.25) is 5.91 Å². The van der Waals surface area contributed by atoms with Crippen LogP contribution in [0.1, 0.15) is 32.6 Å². The van der Waals surface area contributed by atoms with Crippen molar-refractivity contribution >= 4 is 5.91 Å². The van der Waals surface area contributed by atoms with Crippen LogP contribution in [0.25, 0.3) is 0 Å². The fourth-order valence-electron chi connectivity index (χ4n) is 2.26. The van der Waals surface area contributed by atoms with E-state index in [1.165, 1.54) is 0 Å². The lowest BCUT2D eigenvalue weighted by molar-refractivity contribution is -0.132. The van der Waals surface area contributed by atoms with E-state index in [2.05, 4.69) is 11.8 Å². The van der Waals surface area contributed by atoms with E-state index in [9.17, 15) is 9.90 Å². The quantitative estimate of drug-likeness (QED) is 0.753. The van der Waals surface area contributed by atoms with Crippen LogP contribution in [-0.4, -0.2) is 60.1 Å². The van der Waals surface area contributed by atoms with Gasteiger partial charge in [0, 0.05) is 25.6 Å². The molecule has 1 amide bonds. The zero-order valence-electron chi connectivity index (χ0n) is 10.6. The Hall–Kier alpha value is -0.610. The molecule has 0 aromatic rings. The topological polar surface area (TPSA) is 43.8 Å². The highest BCUT2D eigenvalue weighted by molar-refractivity contribution is 5.76. The van der Waals surface area contributed by atoms with Gasteiger partial charge < -0.3 is 14.9 Å². The van der Waals surface area contributed by atoms with Crippen LogP contribution in [0.2, 0.25) is 0 Å². The first-order chi connectivity index (χ1) is 7.54. The van der Waals surface area contributed by atoms with Crippen LogP contribution in [0.3, 0.4) is 0 Å². The largest absolute Gasteiger partial charge is 0.391 e. The van der Waals surface area contributed by atoms with E-state index in [0.29, 0.717) is 13.0 Å². The van der Waals surface area contributed by atoms with Gasteiger partial charge in [-0.3, -0.25) is 4.79 Å². The number of likely N-dealkylation sites (N-methyl/N-ethyl adjacent to an activating group) is 1. The molecule has 0 radical (unpaired) electrons. The molecular weight excluding hydrogens is 204 g/mol. The molecule has 94 valence electrons. The number of aliphatic hydroxyl groups excluding tert-OH is 1. The van der Waals surface area contributed by atoms with E-state index < -0.39 is 0 Å². The molecule has 0 aromatic carbocycles. The summed E-state index contributed by atoms with van der Waals surface area (Å²) in [5.41, 5.74) is 0.